The molecule has 1 nitrogen and oxygen atoms in total. The van der Waals surface area contributed by atoms with Crippen molar-refractivity contribution in [2.45, 2.75) is 25.7 Å². The van der Waals surface area contributed by atoms with Crippen LogP contribution in [-0.2, 0) is 12.8 Å². The van der Waals surface area contributed by atoms with E-state index in [1.165, 1.54) is 50.8 Å². The summed E-state index contributed by atoms with van der Waals surface area (Å²) < 4.78 is 2.71. The summed E-state index contributed by atoms with van der Waals surface area (Å²) >= 11 is 1.87. The third-order valence-electron chi connectivity index (χ3n) is 3.63. The second-order valence-electron chi connectivity index (χ2n) is 4.75. The second-order valence-corrected chi connectivity index (χ2v) is 5.83. The van der Waals surface area contributed by atoms with E-state index < -0.39 is 0 Å². The Labute approximate surface area is 104 Å². The van der Waals surface area contributed by atoms with E-state index >= 15 is 0 Å². The molecule has 2 heterocycles. The van der Waals surface area contributed by atoms with Crippen LogP contribution >= 0.6 is 11.3 Å². The number of fused-ring (bicyclic) bond motifs is 4. The Morgan fingerprint density at radius 2 is 1.88 bits per heavy atom. The van der Waals surface area contributed by atoms with Crippen molar-refractivity contribution >= 4 is 31.6 Å². The van der Waals surface area contributed by atoms with Crippen molar-refractivity contribution < 1.29 is 0 Å². The molecule has 1 aliphatic carbocycles. The van der Waals surface area contributed by atoms with Crippen molar-refractivity contribution in [3.63, 3.8) is 0 Å². The fourth-order valence-corrected chi connectivity index (χ4v) is 3.86. The lowest BCUT2D eigenvalue weighted by Crippen LogP contribution is -2.04. The Morgan fingerprint density at radius 1 is 1.00 bits per heavy atom. The van der Waals surface area contributed by atoms with Gasteiger partial charge in [-0.2, -0.15) is 0 Å². The van der Waals surface area contributed by atoms with Gasteiger partial charge < -0.3 is 0 Å². The molecule has 0 spiro atoms. The number of aromatic nitrogens is 1. The molecule has 0 radical (unpaired) electrons. The van der Waals surface area contributed by atoms with E-state index in [1.807, 2.05) is 11.3 Å². The largest absolute Gasteiger partial charge is 0.251 e. The molecule has 0 aliphatic heterocycles. The van der Waals surface area contributed by atoms with E-state index in [0.29, 0.717) is 0 Å². The van der Waals surface area contributed by atoms with Gasteiger partial charge in [0.2, 0.25) is 0 Å². The second kappa shape index (κ2) is 3.54. The number of nitrogens with zero attached hydrogens (tertiary/aromatic N) is 1. The van der Waals surface area contributed by atoms with Crippen molar-refractivity contribution in [2.24, 2.45) is 0 Å². The molecule has 0 fully saturated rings. The highest BCUT2D eigenvalue weighted by Gasteiger charge is 2.14. The number of hydrogen-bond acceptors (Lipinski definition) is 2. The molecule has 1 aliphatic rings. The maximum Gasteiger partial charge on any atom is 0.0891 e. The summed E-state index contributed by atoms with van der Waals surface area (Å²) in [6.07, 6.45) is 5.00. The molecule has 0 N–H and O–H groups in total. The van der Waals surface area contributed by atoms with Crippen molar-refractivity contribution in [3.8, 4) is 0 Å². The molecule has 1 aromatic carbocycles. The monoisotopic (exact) mass is 239 g/mol. The van der Waals surface area contributed by atoms with Crippen LogP contribution in [0.2, 0.25) is 0 Å². The number of rotatable bonds is 0. The van der Waals surface area contributed by atoms with Crippen LogP contribution in [0, 0.1) is 0 Å². The lowest BCUT2D eigenvalue weighted by Gasteiger charge is -2.14. The minimum absolute atomic E-state index is 1.16. The SMILES string of the molecule is c1ccc2c(c1)sc1cc3c(nc12)CCCC3. The van der Waals surface area contributed by atoms with Crippen molar-refractivity contribution in [1.29, 1.82) is 0 Å². The van der Waals surface area contributed by atoms with Gasteiger partial charge in [-0.05, 0) is 43.4 Å². The normalized spacial score (nSPS) is 15.3. The highest BCUT2D eigenvalue weighted by molar-refractivity contribution is 7.25. The van der Waals surface area contributed by atoms with Crippen LogP contribution in [0.5, 0.6) is 0 Å². The number of aryl methyl sites for hydroxylation is 2. The number of thiophene rings is 1. The first-order valence-electron chi connectivity index (χ1n) is 6.22. The Morgan fingerprint density at radius 3 is 2.88 bits per heavy atom. The fraction of sp³-hybridized carbons (Fsp3) is 0.267. The number of hydrogen-bond donors (Lipinski definition) is 0. The first-order valence-corrected chi connectivity index (χ1v) is 7.03. The number of pyridine rings is 1. The molecule has 84 valence electrons. The van der Waals surface area contributed by atoms with E-state index in [2.05, 4.69) is 30.3 Å². The van der Waals surface area contributed by atoms with Crippen LogP contribution in [0.1, 0.15) is 24.1 Å². The van der Waals surface area contributed by atoms with Gasteiger partial charge in [0, 0.05) is 15.8 Å². The zero-order valence-corrected chi connectivity index (χ0v) is 10.4. The highest BCUT2D eigenvalue weighted by Crippen LogP contribution is 2.34. The van der Waals surface area contributed by atoms with Crippen LogP contribution in [0.15, 0.2) is 30.3 Å². The molecule has 17 heavy (non-hydrogen) atoms. The van der Waals surface area contributed by atoms with E-state index in [-0.39, 0.29) is 0 Å². The minimum Gasteiger partial charge on any atom is -0.251 e. The van der Waals surface area contributed by atoms with Crippen LogP contribution in [-0.4, -0.2) is 4.98 Å². The van der Waals surface area contributed by atoms with Gasteiger partial charge in [-0.25, -0.2) is 0 Å². The zero-order valence-electron chi connectivity index (χ0n) is 9.57. The van der Waals surface area contributed by atoms with Gasteiger partial charge in [0.25, 0.3) is 0 Å². The number of benzene rings is 1. The van der Waals surface area contributed by atoms with Crippen LogP contribution in [0.4, 0.5) is 0 Å². The average molecular weight is 239 g/mol. The molecule has 0 bridgehead atoms. The first-order chi connectivity index (χ1) is 8.42. The molecule has 0 saturated carbocycles. The summed E-state index contributed by atoms with van der Waals surface area (Å²) in [7, 11) is 0. The fourth-order valence-electron chi connectivity index (χ4n) is 2.75. The van der Waals surface area contributed by atoms with Gasteiger partial charge in [0.1, 0.15) is 0 Å². The van der Waals surface area contributed by atoms with E-state index in [0.717, 1.165) is 6.42 Å². The smallest absolute Gasteiger partial charge is 0.0891 e. The van der Waals surface area contributed by atoms with Crippen LogP contribution in [0.3, 0.4) is 0 Å². The van der Waals surface area contributed by atoms with Crippen molar-refractivity contribution in [2.75, 3.05) is 0 Å². The van der Waals surface area contributed by atoms with Gasteiger partial charge in [-0.1, -0.05) is 18.2 Å². The van der Waals surface area contributed by atoms with Gasteiger partial charge in [-0.3, -0.25) is 4.98 Å². The molecule has 2 heteroatoms. The van der Waals surface area contributed by atoms with Gasteiger partial charge in [-0.15, -0.1) is 11.3 Å². The third kappa shape index (κ3) is 1.40. The third-order valence-corrected chi connectivity index (χ3v) is 4.73. The molecule has 0 amide bonds. The summed E-state index contributed by atoms with van der Waals surface area (Å²) in [5.41, 5.74) is 4.04. The summed E-state index contributed by atoms with van der Waals surface area (Å²) in [6, 6.07) is 11.0. The Balaban J connectivity index is 2.12. The maximum atomic E-state index is 4.91. The van der Waals surface area contributed by atoms with Gasteiger partial charge in [0.05, 0.1) is 10.2 Å². The van der Waals surface area contributed by atoms with Gasteiger partial charge in [0.15, 0.2) is 0 Å². The predicted molar refractivity (Wildman–Crippen MR) is 73.8 cm³/mol. The molecule has 3 aromatic rings. The lowest BCUT2D eigenvalue weighted by molar-refractivity contribution is 0.671. The summed E-state index contributed by atoms with van der Waals surface area (Å²) in [5, 5.41) is 1.32. The minimum atomic E-state index is 1.16. The van der Waals surface area contributed by atoms with E-state index in [4.69, 9.17) is 4.98 Å². The molecule has 2 aromatic heterocycles. The molecular formula is C15H13NS. The molecule has 0 unspecified atom stereocenters. The standard InChI is InChI=1S/C15H13NS/c1-3-7-12-10(5-1)9-14-15(16-12)11-6-2-4-8-13(11)17-14/h2,4,6,8-9H,1,3,5,7H2. The van der Waals surface area contributed by atoms with Gasteiger partial charge >= 0.3 is 0 Å². The van der Waals surface area contributed by atoms with E-state index in [1.54, 1.807) is 0 Å². The first kappa shape index (κ1) is 9.60. The highest BCUT2D eigenvalue weighted by atomic mass is 32.1. The quantitative estimate of drug-likeness (QED) is 0.569. The van der Waals surface area contributed by atoms with Crippen LogP contribution < -0.4 is 0 Å². The van der Waals surface area contributed by atoms with Crippen LogP contribution in [0.25, 0.3) is 20.3 Å². The Bertz CT molecular complexity index is 711. The Kier molecular flexibility index (Phi) is 2.00. The lowest BCUT2D eigenvalue weighted by atomic mass is 9.96. The summed E-state index contributed by atoms with van der Waals surface area (Å²) in [4.78, 5) is 4.91. The average Bonchev–Trinajstić information content (AvgIpc) is 2.73. The van der Waals surface area contributed by atoms with Crippen molar-refractivity contribution in [3.05, 3.63) is 41.6 Å². The maximum absolute atomic E-state index is 4.91. The zero-order chi connectivity index (χ0) is 11.2. The Hall–Kier alpha value is -1.41. The topological polar surface area (TPSA) is 12.9 Å². The molecule has 4 rings (SSSR count). The predicted octanol–water partition coefficient (Wildman–Crippen LogP) is 4.33. The molecular weight excluding hydrogens is 226 g/mol. The van der Waals surface area contributed by atoms with Crippen molar-refractivity contribution in [1.82, 2.24) is 4.98 Å². The molecule has 0 atom stereocenters. The summed E-state index contributed by atoms with van der Waals surface area (Å²) in [6.45, 7) is 0. The molecule has 0 saturated heterocycles. The summed E-state index contributed by atoms with van der Waals surface area (Å²) in [5.74, 6) is 0. The van der Waals surface area contributed by atoms with E-state index in [9.17, 15) is 0 Å².